The molecule has 0 N–H and O–H groups in total. The summed E-state index contributed by atoms with van der Waals surface area (Å²) < 4.78 is 28.1. The molecule has 0 saturated carbocycles. The van der Waals surface area contributed by atoms with Crippen LogP contribution >= 0.6 is 11.6 Å². The Morgan fingerprint density at radius 2 is 2.17 bits per heavy atom. The second-order valence-electron chi connectivity index (χ2n) is 5.80. The maximum absolute atomic E-state index is 12.9. The lowest BCUT2D eigenvalue weighted by Crippen LogP contribution is -2.39. The third-order valence-corrected chi connectivity index (χ3v) is 6.51. The lowest BCUT2D eigenvalue weighted by Gasteiger charge is -2.27. The number of hydrogen-bond donors (Lipinski definition) is 0. The number of benzene rings is 1. The molecule has 0 bridgehead atoms. The standard InChI is InChI=1S/C15H14ClN3O3S/c16-11-4-5-14-10(6-11)8-19(23(14,21)22)15(20)13-3-1-2-12-7-17-9-18(12)13/h4-7,9,13H,1-3,8H2. The van der Waals surface area contributed by atoms with Crippen LogP contribution in [0.1, 0.15) is 30.1 Å². The number of carbonyl (C=O) groups is 1. The van der Waals surface area contributed by atoms with E-state index in [1.807, 2.05) is 0 Å². The van der Waals surface area contributed by atoms with Gasteiger partial charge in [-0.2, -0.15) is 0 Å². The van der Waals surface area contributed by atoms with Gasteiger partial charge in [0, 0.05) is 16.9 Å². The first-order chi connectivity index (χ1) is 11.0. The van der Waals surface area contributed by atoms with E-state index in [9.17, 15) is 13.2 Å². The normalized spacial score (nSPS) is 21.8. The monoisotopic (exact) mass is 351 g/mol. The Morgan fingerprint density at radius 1 is 1.35 bits per heavy atom. The molecule has 0 spiro atoms. The number of fused-ring (bicyclic) bond motifs is 2. The highest BCUT2D eigenvalue weighted by Crippen LogP contribution is 2.35. The number of rotatable bonds is 1. The number of aryl methyl sites for hydroxylation is 1. The highest BCUT2D eigenvalue weighted by atomic mass is 35.5. The molecule has 8 heteroatoms. The average molecular weight is 352 g/mol. The van der Waals surface area contributed by atoms with Crippen LogP contribution in [0.3, 0.4) is 0 Å². The van der Waals surface area contributed by atoms with E-state index in [1.54, 1.807) is 23.2 Å². The minimum absolute atomic E-state index is 0.0393. The zero-order valence-corrected chi connectivity index (χ0v) is 13.7. The molecule has 0 radical (unpaired) electrons. The Labute approximate surface area is 138 Å². The molecular formula is C15H14ClN3O3S. The zero-order chi connectivity index (χ0) is 16.2. The summed E-state index contributed by atoms with van der Waals surface area (Å²) in [6.45, 7) is 0.0393. The Morgan fingerprint density at radius 3 is 3.00 bits per heavy atom. The molecule has 1 amide bonds. The molecule has 6 nitrogen and oxygen atoms in total. The summed E-state index contributed by atoms with van der Waals surface area (Å²) >= 11 is 5.93. The van der Waals surface area contributed by atoms with Gasteiger partial charge >= 0.3 is 0 Å². The minimum Gasteiger partial charge on any atom is -0.322 e. The van der Waals surface area contributed by atoms with Crippen molar-refractivity contribution < 1.29 is 13.2 Å². The summed E-state index contributed by atoms with van der Waals surface area (Å²) in [6, 6.07) is 4.08. The first kappa shape index (κ1) is 14.7. The molecule has 0 fully saturated rings. The summed E-state index contributed by atoms with van der Waals surface area (Å²) in [5.41, 5.74) is 1.53. The van der Waals surface area contributed by atoms with Crippen molar-refractivity contribution >= 4 is 27.5 Å². The van der Waals surface area contributed by atoms with Gasteiger partial charge < -0.3 is 4.57 Å². The molecule has 0 saturated heterocycles. The molecule has 1 atom stereocenters. The van der Waals surface area contributed by atoms with Gasteiger partial charge in [-0.3, -0.25) is 4.79 Å². The van der Waals surface area contributed by atoms with Gasteiger partial charge in [0.05, 0.1) is 17.8 Å². The Balaban J connectivity index is 1.72. The van der Waals surface area contributed by atoms with E-state index >= 15 is 0 Å². The number of imidazole rings is 1. The highest BCUT2D eigenvalue weighted by Gasteiger charge is 2.41. The summed E-state index contributed by atoms with van der Waals surface area (Å²) in [7, 11) is -3.81. The van der Waals surface area contributed by atoms with E-state index in [4.69, 9.17) is 11.6 Å². The van der Waals surface area contributed by atoms with Gasteiger partial charge in [-0.1, -0.05) is 11.6 Å². The van der Waals surface area contributed by atoms with Gasteiger partial charge in [0.1, 0.15) is 6.04 Å². The first-order valence-corrected chi connectivity index (χ1v) is 9.16. The fourth-order valence-electron chi connectivity index (χ4n) is 3.31. The predicted molar refractivity (Wildman–Crippen MR) is 83.4 cm³/mol. The smallest absolute Gasteiger partial charge is 0.267 e. The van der Waals surface area contributed by atoms with Crippen molar-refractivity contribution in [2.45, 2.75) is 36.7 Å². The van der Waals surface area contributed by atoms with Crippen LogP contribution in [-0.2, 0) is 27.8 Å². The van der Waals surface area contributed by atoms with Gasteiger partial charge in [-0.25, -0.2) is 17.7 Å². The van der Waals surface area contributed by atoms with Crippen molar-refractivity contribution in [1.82, 2.24) is 13.9 Å². The predicted octanol–water partition coefficient (Wildman–Crippen LogP) is 2.15. The third-order valence-electron chi connectivity index (χ3n) is 4.43. The van der Waals surface area contributed by atoms with Crippen molar-refractivity contribution in [3.63, 3.8) is 0 Å². The van der Waals surface area contributed by atoms with E-state index in [0.717, 1.165) is 22.8 Å². The van der Waals surface area contributed by atoms with Gasteiger partial charge in [0.15, 0.2) is 0 Å². The minimum atomic E-state index is -3.81. The van der Waals surface area contributed by atoms with Gasteiger partial charge in [-0.05, 0) is 43.0 Å². The lowest BCUT2D eigenvalue weighted by atomic mass is 10.0. The largest absolute Gasteiger partial charge is 0.322 e. The summed E-state index contributed by atoms with van der Waals surface area (Å²) in [5.74, 6) is -0.406. The second kappa shape index (κ2) is 5.07. The third kappa shape index (κ3) is 2.18. The molecular weight excluding hydrogens is 338 g/mol. The topological polar surface area (TPSA) is 72.3 Å². The number of nitrogens with zero attached hydrogens (tertiary/aromatic N) is 3. The van der Waals surface area contributed by atoms with Crippen LogP contribution in [0.4, 0.5) is 0 Å². The Kier molecular flexibility index (Phi) is 3.24. The number of aromatic nitrogens is 2. The zero-order valence-electron chi connectivity index (χ0n) is 12.1. The molecule has 1 aromatic carbocycles. The SMILES string of the molecule is O=C(C1CCCc2cncn21)N1Cc2cc(Cl)ccc2S1(=O)=O. The maximum Gasteiger partial charge on any atom is 0.267 e. The number of carbonyl (C=O) groups excluding carboxylic acids is 1. The molecule has 1 unspecified atom stereocenters. The van der Waals surface area contributed by atoms with Crippen LogP contribution in [-0.4, -0.2) is 28.2 Å². The maximum atomic E-state index is 12.9. The number of hydrogen-bond acceptors (Lipinski definition) is 4. The summed E-state index contributed by atoms with van der Waals surface area (Å²) in [6.07, 6.45) is 5.64. The van der Waals surface area contributed by atoms with Crippen LogP contribution in [0.15, 0.2) is 35.6 Å². The van der Waals surface area contributed by atoms with Gasteiger partial charge in [0.2, 0.25) is 0 Å². The molecule has 2 aliphatic rings. The average Bonchev–Trinajstić information content (AvgIpc) is 3.08. The van der Waals surface area contributed by atoms with Gasteiger partial charge in [-0.15, -0.1) is 0 Å². The summed E-state index contributed by atoms with van der Waals surface area (Å²) in [4.78, 5) is 17.1. The van der Waals surface area contributed by atoms with E-state index in [-0.39, 0.29) is 11.4 Å². The molecule has 2 aromatic rings. The fraction of sp³-hybridized carbons (Fsp3) is 0.333. The quantitative estimate of drug-likeness (QED) is 0.789. The Bertz CT molecular complexity index is 906. The van der Waals surface area contributed by atoms with Crippen molar-refractivity contribution in [2.75, 3.05) is 0 Å². The molecule has 4 rings (SSSR count). The van der Waals surface area contributed by atoms with Gasteiger partial charge in [0.25, 0.3) is 15.9 Å². The molecule has 0 aliphatic carbocycles. The van der Waals surface area contributed by atoms with E-state index in [1.165, 1.54) is 12.1 Å². The summed E-state index contributed by atoms with van der Waals surface area (Å²) in [5, 5.41) is 0.461. The van der Waals surface area contributed by atoms with Crippen LogP contribution in [0.25, 0.3) is 0 Å². The number of sulfonamides is 1. The van der Waals surface area contributed by atoms with Crippen molar-refractivity contribution in [3.8, 4) is 0 Å². The van der Waals surface area contributed by atoms with Crippen molar-refractivity contribution in [3.05, 3.63) is 47.0 Å². The lowest BCUT2D eigenvalue weighted by molar-refractivity contribution is -0.130. The molecule has 1 aromatic heterocycles. The second-order valence-corrected chi connectivity index (χ2v) is 8.07. The number of halogens is 1. The molecule has 3 heterocycles. The highest BCUT2D eigenvalue weighted by molar-refractivity contribution is 7.90. The molecule has 120 valence electrons. The van der Waals surface area contributed by atoms with Crippen LogP contribution in [0.2, 0.25) is 5.02 Å². The van der Waals surface area contributed by atoms with E-state index in [0.29, 0.717) is 17.0 Å². The van der Waals surface area contributed by atoms with Crippen LogP contribution < -0.4 is 0 Å². The van der Waals surface area contributed by atoms with E-state index < -0.39 is 22.0 Å². The fourth-order valence-corrected chi connectivity index (χ4v) is 5.10. The van der Waals surface area contributed by atoms with Crippen LogP contribution in [0.5, 0.6) is 0 Å². The molecule has 2 aliphatic heterocycles. The Hall–Kier alpha value is -1.86. The first-order valence-electron chi connectivity index (χ1n) is 7.34. The molecule has 23 heavy (non-hydrogen) atoms. The van der Waals surface area contributed by atoms with Crippen LogP contribution in [0, 0.1) is 0 Å². The van der Waals surface area contributed by atoms with E-state index in [2.05, 4.69) is 4.98 Å². The van der Waals surface area contributed by atoms with Crippen molar-refractivity contribution in [1.29, 1.82) is 0 Å². The number of amides is 1. The van der Waals surface area contributed by atoms with Crippen molar-refractivity contribution in [2.24, 2.45) is 0 Å².